The Balaban J connectivity index is 1.42. The zero-order valence-electron chi connectivity index (χ0n) is 17.2. The van der Waals surface area contributed by atoms with Crippen molar-refractivity contribution >= 4 is 0 Å². The largest absolute Gasteiger partial charge is 0.376 e. The Morgan fingerprint density at radius 2 is 1.56 bits per heavy atom. The van der Waals surface area contributed by atoms with Gasteiger partial charge in [-0.3, -0.25) is 0 Å². The molecule has 27 heavy (non-hydrogen) atoms. The highest BCUT2D eigenvalue weighted by Gasteiger charge is 2.30. The zero-order valence-corrected chi connectivity index (χ0v) is 17.2. The molecule has 0 radical (unpaired) electrons. The maximum atomic E-state index is 5.67. The average Bonchev–Trinajstić information content (AvgIpc) is 2.73. The molecule has 0 aromatic heterocycles. The van der Waals surface area contributed by atoms with Crippen LogP contribution in [-0.2, 0) is 11.3 Å². The van der Waals surface area contributed by atoms with E-state index in [-0.39, 0.29) is 0 Å². The minimum absolute atomic E-state index is 0.719. The van der Waals surface area contributed by atoms with Gasteiger partial charge in [0.2, 0.25) is 0 Å². The summed E-state index contributed by atoms with van der Waals surface area (Å²) in [4.78, 5) is 0. The van der Waals surface area contributed by atoms with Crippen LogP contribution in [0.25, 0.3) is 0 Å². The van der Waals surface area contributed by atoms with Crippen LogP contribution in [0.2, 0.25) is 0 Å². The van der Waals surface area contributed by atoms with Crippen LogP contribution in [0.1, 0.15) is 81.8 Å². The second-order valence-electron chi connectivity index (χ2n) is 8.68. The van der Waals surface area contributed by atoms with Gasteiger partial charge in [-0.05, 0) is 99.5 Å². The minimum atomic E-state index is 0.719. The first-order chi connectivity index (χ1) is 13.3. The molecule has 148 valence electrons. The Morgan fingerprint density at radius 3 is 2.15 bits per heavy atom. The first-order valence-corrected chi connectivity index (χ1v) is 11.2. The summed E-state index contributed by atoms with van der Waals surface area (Å²) in [7, 11) is 0. The summed E-state index contributed by atoms with van der Waals surface area (Å²) in [6.07, 6.45) is 18.9. The molecule has 1 nitrogen and oxygen atoms in total. The van der Waals surface area contributed by atoms with Gasteiger partial charge in [0, 0.05) is 0 Å². The molecule has 0 amide bonds. The number of rotatable bonds is 8. The van der Waals surface area contributed by atoms with Gasteiger partial charge >= 0.3 is 0 Å². The summed E-state index contributed by atoms with van der Waals surface area (Å²) < 4.78 is 5.67. The lowest BCUT2D eigenvalue weighted by Gasteiger charge is -2.37. The summed E-state index contributed by atoms with van der Waals surface area (Å²) in [6, 6.07) is 9.22. The monoisotopic (exact) mass is 366 g/mol. The van der Waals surface area contributed by atoms with Crippen molar-refractivity contribution in [3.05, 3.63) is 60.2 Å². The minimum Gasteiger partial charge on any atom is -0.376 e. The van der Waals surface area contributed by atoms with Crippen LogP contribution < -0.4 is 0 Å². The molecule has 0 atom stereocenters. The van der Waals surface area contributed by atoms with Crippen molar-refractivity contribution in [2.75, 3.05) is 6.61 Å². The second kappa shape index (κ2) is 10.9. The Bertz CT molecular complexity index is 569. The number of benzene rings is 1. The quantitative estimate of drug-likeness (QED) is 0.343. The summed E-state index contributed by atoms with van der Waals surface area (Å²) in [6.45, 7) is 7.38. The molecule has 0 unspecified atom stereocenters. The molecule has 0 spiro atoms. The molecule has 0 aliphatic heterocycles. The second-order valence-corrected chi connectivity index (χ2v) is 8.68. The van der Waals surface area contributed by atoms with Crippen molar-refractivity contribution in [1.29, 1.82) is 0 Å². The van der Waals surface area contributed by atoms with Gasteiger partial charge in [0.1, 0.15) is 0 Å². The van der Waals surface area contributed by atoms with E-state index in [1.54, 1.807) is 5.56 Å². The molecule has 0 saturated heterocycles. The molecule has 2 fully saturated rings. The van der Waals surface area contributed by atoms with Gasteiger partial charge in [-0.2, -0.15) is 0 Å². The summed E-state index contributed by atoms with van der Waals surface area (Å²) in [5, 5.41) is 0. The Labute approximate surface area is 166 Å². The normalized spacial score (nSPS) is 29.1. The van der Waals surface area contributed by atoms with Crippen LogP contribution in [-0.4, -0.2) is 6.61 Å². The standard InChI is InChI=1S/C26H38O/c1-3-5-19-27-20-22-9-13-24(14-10-22)26-17-15-25(16-18-26)23-11-7-21(6-4-2)8-12-23/h3-4,6,9-10,13-14,21,23,25-26H,1,5,7-8,11-12,15-20H2,2H3. The fraction of sp³-hybridized carbons (Fsp3) is 0.615. The lowest BCUT2D eigenvalue weighted by molar-refractivity contribution is 0.125. The number of hydrogen-bond donors (Lipinski definition) is 0. The van der Waals surface area contributed by atoms with E-state index in [9.17, 15) is 0 Å². The molecule has 2 aliphatic rings. The molecule has 2 aliphatic carbocycles. The summed E-state index contributed by atoms with van der Waals surface area (Å²) in [5.41, 5.74) is 2.83. The molecular formula is C26H38O. The van der Waals surface area contributed by atoms with E-state index in [2.05, 4.69) is 49.9 Å². The van der Waals surface area contributed by atoms with Gasteiger partial charge in [0.05, 0.1) is 13.2 Å². The van der Waals surface area contributed by atoms with Crippen molar-refractivity contribution in [3.8, 4) is 0 Å². The summed E-state index contributed by atoms with van der Waals surface area (Å²) >= 11 is 0. The van der Waals surface area contributed by atoms with Crippen molar-refractivity contribution in [2.24, 2.45) is 17.8 Å². The summed E-state index contributed by atoms with van der Waals surface area (Å²) in [5.74, 6) is 3.63. The SMILES string of the molecule is C=CCCOCc1ccc(C2CCC(C3CCC(C=CC)CC3)CC2)cc1. The van der Waals surface area contributed by atoms with Crippen molar-refractivity contribution < 1.29 is 4.74 Å². The Kier molecular flexibility index (Phi) is 8.20. The van der Waals surface area contributed by atoms with Crippen molar-refractivity contribution in [1.82, 2.24) is 0 Å². The predicted octanol–water partition coefficient (Wildman–Crippen LogP) is 7.44. The van der Waals surface area contributed by atoms with Crippen LogP contribution in [0.5, 0.6) is 0 Å². The van der Waals surface area contributed by atoms with E-state index in [1.165, 1.54) is 56.9 Å². The molecule has 1 aromatic carbocycles. The number of hydrogen-bond acceptors (Lipinski definition) is 1. The molecule has 2 saturated carbocycles. The molecular weight excluding hydrogens is 328 g/mol. The zero-order chi connectivity index (χ0) is 18.9. The van der Waals surface area contributed by atoms with Gasteiger partial charge in [-0.15, -0.1) is 6.58 Å². The van der Waals surface area contributed by atoms with Gasteiger partial charge in [-0.1, -0.05) is 42.5 Å². The molecule has 1 aromatic rings. The Hall–Kier alpha value is -1.34. The van der Waals surface area contributed by atoms with E-state index < -0.39 is 0 Å². The predicted molar refractivity (Wildman–Crippen MR) is 116 cm³/mol. The molecule has 3 rings (SSSR count). The maximum absolute atomic E-state index is 5.67. The van der Waals surface area contributed by atoms with Gasteiger partial charge < -0.3 is 4.74 Å². The van der Waals surface area contributed by atoms with Gasteiger partial charge in [0.25, 0.3) is 0 Å². The topological polar surface area (TPSA) is 9.23 Å². The fourth-order valence-electron chi connectivity index (χ4n) is 5.25. The molecule has 0 heterocycles. The van der Waals surface area contributed by atoms with Gasteiger partial charge in [0.15, 0.2) is 0 Å². The van der Waals surface area contributed by atoms with Crippen molar-refractivity contribution in [3.63, 3.8) is 0 Å². The fourth-order valence-corrected chi connectivity index (χ4v) is 5.25. The number of allylic oxidation sites excluding steroid dienone is 2. The first kappa shape index (κ1) is 20.4. The van der Waals surface area contributed by atoms with E-state index in [0.29, 0.717) is 0 Å². The van der Waals surface area contributed by atoms with E-state index in [0.717, 1.165) is 43.3 Å². The lowest BCUT2D eigenvalue weighted by Crippen LogP contribution is -2.25. The third kappa shape index (κ3) is 6.07. The average molecular weight is 367 g/mol. The first-order valence-electron chi connectivity index (χ1n) is 11.2. The number of ether oxygens (including phenoxy) is 1. The maximum Gasteiger partial charge on any atom is 0.0717 e. The molecule has 0 bridgehead atoms. The Morgan fingerprint density at radius 1 is 0.926 bits per heavy atom. The van der Waals surface area contributed by atoms with Crippen LogP contribution in [0, 0.1) is 17.8 Å². The molecule has 1 heteroatoms. The lowest BCUT2D eigenvalue weighted by atomic mass is 9.68. The van der Waals surface area contributed by atoms with Crippen LogP contribution in [0.4, 0.5) is 0 Å². The van der Waals surface area contributed by atoms with Crippen LogP contribution in [0.3, 0.4) is 0 Å². The highest BCUT2D eigenvalue weighted by atomic mass is 16.5. The smallest absolute Gasteiger partial charge is 0.0717 e. The third-order valence-electron chi connectivity index (χ3n) is 6.91. The molecule has 0 N–H and O–H groups in total. The highest BCUT2D eigenvalue weighted by molar-refractivity contribution is 5.25. The van der Waals surface area contributed by atoms with Gasteiger partial charge in [-0.25, -0.2) is 0 Å². The van der Waals surface area contributed by atoms with E-state index in [1.807, 2.05) is 6.08 Å². The van der Waals surface area contributed by atoms with Crippen LogP contribution in [0.15, 0.2) is 49.1 Å². The van der Waals surface area contributed by atoms with Crippen molar-refractivity contribution in [2.45, 2.75) is 77.2 Å². The highest BCUT2D eigenvalue weighted by Crippen LogP contribution is 2.44. The third-order valence-corrected chi connectivity index (χ3v) is 6.91. The van der Waals surface area contributed by atoms with E-state index in [4.69, 9.17) is 4.74 Å². The van der Waals surface area contributed by atoms with Crippen LogP contribution >= 0.6 is 0 Å². The van der Waals surface area contributed by atoms with E-state index >= 15 is 0 Å².